The first-order valence-electron chi connectivity index (χ1n) is 2.39. The SMILES string of the molecule is CC(F)[C@@H](C)N=C=O. The van der Waals surface area contributed by atoms with Crippen molar-refractivity contribution < 1.29 is 9.18 Å². The number of hydrogen-bond donors (Lipinski definition) is 0. The number of isocyanates is 1. The molecule has 0 aliphatic rings. The van der Waals surface area contributed by atoms with Gasteiger partial charge in [0.2, 0.25) is 6.08 Å². The zero-order valence-electron chi connectivity index (χ0n) is 4.89. The summed E-state index contributed by atoms with van der Waals surface area (Å²) < 4.78 is 12.0. The quantitative estimate of drug-likeness (QED) is 0.393. The molecule has 0 aromatic carbocycles. The Labute approximate surface area is 47.4 Å². The van der Waals surface area contributed by atoms with Gasteiger partial charge in [0.15, 0.2) is 0 Å². The molecule has 0 aromatic rings. The molecule has 0 saturated carbocycles. The molecule has 0 fully saturated rings. The molecule has 0 rings (SSSR count). The number of nitrogens with zero attached hydrogens (tertiary/aromatic N) is 1. The van der Waals surface area contributed by atoms with Gasteiger partial charge in [-0.05, 0) is 13.8 Å². The first-order chi connectivity index (χ1) is 3.68. The number of hydrogen-bond acceptors (Lipinski definition) is 2. The first-order valence-corrected chi connectivity index (χ1v) is 2.39. The maximum atomic E-state index is 12.0. The minimum Gasteiger partial charge on any atom is -0.245 e. The summed E-state index contributed by atoms with van der Waals surface area (Å²) in [6.45, 7) is 2.88. The van der Waals surface area contributed by atoms with E-state index in [0.29, 0.717) is 0 Å². The second-order valence-corrected chi connectivity index (χ2v) is 1.64. The highest BCUT2D eigenvalue weighted by molar-refractivity contribution is 5.33. The lowest BCUT2D eigenvalue weighted by molar-refractivity contribution is 0.318. The third-order valence-corrected chi connectivity index (χ3v) is 0.921. The number of rotatable bonds is 2. The first kappa shape index (κ1) is 7.31. The van der Waals surface area contributed by atoms with Crippen LogP contribution in [0.15, 0.2) is 4.99 Å². The van der Waals surface area contributed by atoms with Crippen LogP contribution in [0.3, 0.4) is 0 Å². The average molecular weight is 117 g/mol. The van der Waals surface area contributed by atoms with Gasteiger partial charge in [-0.1, -0.05) is 0 Å². The predicted molar refractivity (Wildman–Crippen MR) is 28.2 cm³/mol. The highest BCUT2D eigenvalue weighted by Gasteiger charge is 2.06. The Morgan fingerprint density at radius 3 is 2.25 bits per heavy atom. The Morgan fingerprint density at radius 2 is 2.12 bits per heavy atom. The number of aliphatic imine (C=N–C) groups is 1. The van der Waals surface area contributed by atoms with Crippen LogP contribution in [-0.4, -0.2) is 18.3 Å². The predicted octanol–water partition coefficient (Wildman–Crippen LogP) is 1.07. The van der Waals surface area contributed by atoms with Crippen molar-refractivity contribution in [1.82, 2.24) is 0 Å². The molecule has 0 amide bonds. The fourth-order valence-electron chi connectivity index (χ4n) is 0.186. The average Bonchev–Trinajstić information content (AvgIpc) is 1.67. The molecule has 46 valence electrons. The van der Waals surface area contributed by atoms with E-state index in [2.05, 4.69) is 4.99 Å². The van der Waals surface area contributed by atoms with Gasteiger partial charge >= 0.3 is 0 Å². The minimum absolute atomic E-state index is 0.549. The second kappa shape index (κ2) is 3.33. The van der Waals surface area contributed by atoms with Gasteiger partial charge in [-0.25, -0.2) is 9.18 Å². The van der Waals surface area contributed by atoms with Crippen LogP contribution >= 0.6 is 0 Å². The van der Waals surface area contributed by atoms with Crippen molar-refractivity contribution in [3.63, 3.8) is 0 Å². The van der Waals surface area contributed by atoms with E-state index in [4.69, 9.17) is 0 Å². The van der Waals surface area contributed by atoms with E-state index in [1.807, 2.05) is 0 Å². The Morgan fingerprint density at radius 1 is 1.62 bits per heavy atom. The maximum absolute atomic E-state index is 12.0. The van der Waals surface area contributed by atoms with Crippen LogP contribution in [-0.2, 0) is 4.79 Å². The van der Waals surface area contributed by atoms with E-state index in [0.717, 1.165) is 0 Å². The van der Waals surface area contributed by atoms with Crippen molar-refractivity contribution in [3.8, 4) is 0 Å². The van der Waals surface area contributed by atoms with Crippen LogP contribution in [0.4, 0.5) is 4.39 Å². The molecule has 0 heterocycles. The van der Waals surface area contributed by atoms with Crippen molar-refractivity contribution in [2.24, 2.45) is 4.99 Å². The Kier molecular flexibility index (Phi) is 3.04. The van der Waals surface area contributed by atoms with E-state index in [1.54, 1.807) is 0 Å². The summed E-state index contributed by atoms with van der Waals surface area (Å²) in [5.41, 5.74) is 0. The van der Waals surface area contributed by atoms with E-state index >= 15 is 0 Å². The third kappa shape index (κ3) is 2.48. The number of halogens is 1. The zero-order valence-corrected chi connectivity index (χ0v) is 4.89. The van der Waals surface area contributed by atoms with E-state index in [9.17, 15) is 9.18 Å². The Bertz CT molecular complexity index is 107. The molecule has 8 heavy (non-hydrogen) atoms. The molecule has 0 aromatic heterocycles. The zero-order chi connectivity index (χ0) is 6.57. The van der Waals surface area contributed by atoms with Crippen molar-refractivity contribution in [2.75, 3.05) is 0 Å². The molecule has 0 saturated heterocycles. The summed E-state index contributed by atoms with van der Waals surface area (Å²) in [6, 6.07) is -0.549. The van der Waals surface area contributed by atoms with Crippen LogP contribution in [0.25, 0.3) is 0 Å². The topological polar surface area (TPSA) is 29.4 Å². The van der Waals surface area contributed by atoms with Gasteiger partial charge in [0.1, 0.15) is 6.17 Å². The van der Waals surface area contributed by atoms with E-state index in [-0.39, 0.29) is 0 Å². The fraction of sp³-hybridized carbons (Fsp3) is 0.800. The highest BCUT2D eigenvalue weighted by Crippen LogP contribution is 1.98. The van der Waals surface area contributed by atoms with Gasteiger partial charge in [0.25, 0.3) is 0 Å². The summed E-state index contributed by atoms with van der Waals surface area (Å²) >= 11 is 0. The van der Waals surface area contributed by atoms with Crippen molar-refractivity contribution in [3.05, 3.63) is 0 Å². The number of alkyl halides is 1. The summed E-state index contributed by atoms with van der Waals surface area (Å²) in [7, 11) is 0. The molecule has 2 atom stereocenters. The molecule has 0 bridgehead atoms. The van der Waals surface area contributed by atoms with Crippen molar-refractivity contribution in [1.29, 1.82) is 0 Å². The van der Waals surface area contributed by atoms with E-state index in [1.165, 1.54) is 19.9 Å². The van der Waals surface area contributed by atoms with Gasteiger partial charge in [0, 0.05) is 0 Å². The monoisotopic (exact) mass is 117 g/mol. The molecule has 2 nitrogen and oxygen atoms in total. The molecule has 0 aliphatic heterocycles. The maximum Gasteiger partial charge on any atom is 0.235 e. The molecular weight excluding hydrogens is 109 g/mol. The Balaban J connectivity index is 3.63. The Hall–Kier alpha value is -0.690. The summed E-state index contributed by atoms with van der Waals surface area (Å²) in [6.07, 6.45) is 0.225. The minimum atomic E-state index is -1.06. The summed E-state index contributed by atoms with van der Waals surface area (Å²) in [5, 5.41) is 0. The van der Waals surface area contributed by atoms with Crippen LogP contribution in [0.1, 0.15) is 13.8 Å². The summed E-state index contributed by atoms with van der Waals surface area (Å²) in [4.78, 5) is 12.6. The molecule has 0 N–H and O–H groups in total. The molecule has 3 heteroatoms. The summed E-state index contributed by atoms with van der Waals surface area (Å²) in [5.74, 6) is 0. The van der Waals surface area contributed by atoms with Crippen LogP contribution in [0, 0.1) is 0 Å². The van der Waals surface area contributed by atoms with Gasteiger partial charge in [0.05, 0.1) is 6.04 Å². The van der Waals surface area contributed by atoms with Crippen molar-refractivity contribution >= 4 is 6.08 Å². The third-order valence-electron chi connectivity index (χ3n) is 0.921. The van der Waals surface area contributed by atoms with Gasteiger partial charge in [-0.3, -0.25) is 0 Å². The fourth-order valence-corrected chi connectivity index (χ4v) is 0.186. The highest BCUT2D eigenvalue weighted by atomic mass is 19.1. The largest absolute Gasteiger partial charge is 0.245 e. The van der Waals surface area contributed by atoms with E-state index < -0.39 is 12.2 Å². The lowest BCUT2D eigenvalue weighted by Crippen LogP contribution is -2.10. The smallest absolute Gasteiger partial charge is 0.235 e. The van der Waals surface area contributed by atoms with Crippen molar-refractivity contribution in [2.45, 2.75) is 26.1 Å². The van der Waals surface area contributed by atoms with Gasteiger partial charge in [-0.2, -0.15) is 4.99 Å². The standard InChI is InChI=1S/C5H8FNO/c1-4(6)5(2)7-3-8/h4-5H,1-2H3/t4?,5-/m1/s1. The molecule has 1 unspecified atom stereocenters. The second-order valence-electron chi connectivity index (χ2n) is 1.64. The lowest BCUT2D eigenvalue weighted by atomic mass is 10.2. The van der Waals surface area contributed by atoms with Gasteiger partial charge in [-0.15, -0.1) is 0 Å². The van der Waals surface area contributed by atoms with Crippen LogP contribution in [0.2, 0.25) is 0 Å². The number of carbonyl (C=O) groups excluding carboxylic acids is 1. The van der Waals surface area contributed by atoms with Crippen LogP contribution in [0.5, 0.6) is 0 Å². The molecule has 0 spiro atoms. The lowest BCUT2D eigenvalue weighted by Gasteiger charge is -2.01. The molecular formula is C5H8FNO. The van der Waals surface area contributed by atoms with Gasteiger partial charge < -0.3 is 0 Å². The molecule has 0 radical (unpaired) electrons. The molecule has 0 aliphatic carbocycles. The normalized spacial score (nSPS) is 16.4. The van der Waals surface area contributed by atoms with Crippen LogP contribution < -0.4 is 0 Å².